The molecule has 0 saturated carbocycles. The fourth-order valence-corrected chi connectivity index (χ4v) is 6.72. The van der Waals surface area contributed by atoms with Gasteiger partial charge in [0.15, 0.2) is 0 Å². The molecule has 7 aromatic carbocycles. The van der Waals surface area contributed by atoms with Crippen LogP contribution >= 0.6 is 0 Å². The number of aromatic nitrogens is 2. The van der Waals surface area contributed by atoms with Crippen LogP contribution in [0, 0.1) is 11.3 Å². The van der Waals surface area contributed by atoms with Gasteiger partial charge in [0.05, 0.1) is 34.4 Å². The zero-order chi connectivity index (χ0) is 34.1. The first-order valence-electron chi connectivity index (χ1n) is 16.9. The van der Waals surface area contributed by atoms with Gasteiger partial charge in [0.2, 0.25) is 0 Å². The average molecular weight is 652 g/mol. The summed E-state index contributed by atoms with van der Waals surface area (Å²) in [6, 6.07) is 62.0. The van der Waals surface area contributed by atoms with Gasteiger partial charge in [-0.2, -0.15) is 5.26 Å². The van der Waals surface area contributed by atoms with Crippen molar-refractivity contribution in [1.29, 1.82) is 5.26 Å². The summed E-state index contributed by atoms with van der Waals surface area (Å²) < 4.78 is 6.16. The van der Waals surface area contributed by atoms with Gasteiger partial charge in [-0.15, -0.1) is 0 Å². The van der Waals surface area contributed by atoms with E-state index in [1.54, 1.807) is 0 Å². The molecule has 238 valence electrons. The number of hydrogen-bond donors (Lipinski definition) is 0. The van der Waals surface area contributed by atoms with E-state index in [1.807, 2.05) is 84.9 Å². The molecule has 0 atom stereocenters. The number of rotatable bonds is 6. The molecule has 4 heteroatoms. The second-order valence-corrected chi connectivity index (χ2v) is 12.5. The molecule has 0 aliphatic rings. The molecule has 51 heavy (non-hydrogen) atoms. The SMILES string of the molecule is N#Cc1ccc(-c2ccc(-c3ccc(-c4nc(-c5ccccc5)c(-c5ccc6oc7ccccc7c6c5)nc4-c4ccccc4)cc3)cc2)cc1. The number of benzene rings is 7. The van der Waals surface area contributed by atoms with Crippen molar-refractivity contribution >= 4 is 21.9 Å². The van der Waals surface area contributed by atoms with Crippen molar-refractivity contribution in [3.63, 3.8) is 0 Å². The highest BCUT2D eigenvalue weighted by Gasteiger charge is 2.20. The largest absolute Gasteiger partial charge is 0.456 e. The molecule has 0 aliphatic carbocycles. The highest BCUT2D eigenvalue weighted by atomic mass is 16.3. The van der Waals surface area contributed by atoms with Crippen LogP contribution in [-0.2, 0) is 0 Å². The summed E-state index contributed by atoms with van der Waals surface area (Å²) in [5.41, 5.74) is 14.0. The minimum Gasteiger partial charge on any atom is -0.456 e. The van der Waals surface area contributed by atoms with Gasteiger partial charge in [-0.1, -0.05) is 140 Å². The van der Waals surface area contributed by atoms with E-state index in [-0.39, 0.29) is 0 Å². The molecule has 0 aliphatic heterocycles. The summed E-state index contributed by atoms with van der Waals surface area (Å²) in [5, 5.41) is 11.3. The van der Waals surface area contributed by atoms with E-state index in [0.29, 0.717) is 5.56 Å². The molecule has 0 radical (unpaired) electrons. The summed E-state index contributed by atoms with van der Waals surface area (Å²) in [7, 11) is 0. The van der Waals surface area contributed by atoms with Gasteiger partial charge in [-0.05, 0) is 58.7 Å². The quantitative estimate of drug-likeness (QED) is 0.179. The van der Waals surface area contributed by atoms with Crippen molar-refractivity contribution in [1.82, 2.24) is 9.97 Å². The van der Waals surface area contributed by atoms with Crippen molar-refractivity contribution in [2.24, 2.45) is 0 Å². The molecule has 0 fully saturated rings. The lowest BCUT2D eigenvalue weighted by atomic mass is 9.96. The van der Waals surface area contributed by atoms with Crippen molar-refractivity contribution in [3.8, 4) is 73.4 Å². The standard InChI is InChI=1S/C47H29N3O/c48-30-31-15-17-32(18-16-31)33-19-21-34(22-20-33)35-23-25-38(26-24-35)46-44(36-9-3-1-4-10-36)50-47(45(49-46)37-11-5-2-6-12-37)39-27-28-43-41(29-39)40-13-7-8-14-42(40)51-43/h1-29H. The molecule has 0 N–H and O–H groups in total. The molecule has 0 unspecified atom stereocenters. The Hall–Kier alpha value is -7.09. The predicted molar refractivity (Wildman–Crippen MR) is 207 cm³/mol. The number of nitriles is 1. The summed E-state index contributed by atoms with van der Waals surface area (Å²) in [5.74, 6) is 0. The van der Waals surface area contributed by atoms with Crippen LogP contribution in [0.3, 0.4) is 0 Å². The van der Waals surface area contributed by atoms with Crippen molar-refractivity contribution in [3.05, 3.63) is 181 Å². The molecule has 0 amide bonds. The maximum atomic E-state index is 9.15. The Morgan fingerprint density at radius 2 is 0.745 bits per heavy atom. The second-order valence-electron chi connectivity index (χ2n) is 12.5. The topological polar surface area (TPSA) is 62.7 Å². The van der Waals surface area contributed by atoms with Gasteiger partial charge in [0.25, 0.3) is 0 Å². The Labute approximate surface area is 295 Å². The third kappa shape index (κ3) is 5.63. The van der Waals surface area contributed by atoms with Crippen LogP contribution in [0.25, 0.3) is 89.2 Å². The Morgan fingerprint density at radius 3 is 1.27 bits per heavy atom. The minimum atomic E-state index is 0.658. The van der Waals surface area contributed by atoms with Crippen LogP contribution in [-0.4, -0.2) is 9.97 Å². The highest BCUT2D eigenvalue weighted by Crippen LogP contribution is 2.40. The van der Waals surface area contributed by atoms with E-state index in [0.717, 1.165) is 89.2 Å². The molecule has 9 aromatic rings. The van der Waals surface area contributed by atoms with E-state index in [9.17, 15) is 0 Å². The number of para-hydroxylation sites is 1. The second kappa shape index (κ2) is 12.7. The first kappa shape index (κ1) is 30.0. The molecule has 4 nitrogen and oxygen atoms in total. The fraction of sp³-hybridized carbons (Fsp3) is 0. The minimum absolute atomic E-state index is 0.658. The summed E-state index contributed by atoms with van der Waals surface area (Å²) >= 11 is 0. The zero-order valence-electron chi connectivity index (χ0n) is 27.5. The van der Waals surface area contributed by atoms with E-state index in [4.69, 9.17) is 19.6 Å². The number of hydrogen-bond acceptors (Lipinski definition) is 4. The summed E-state index contributed by atoms with van der Waals surface area (Å²) in [6.07, 6.45) is 0. The summed E-state index contributed by atoms with van der Waals surface area (Å²) in [6.45, 7) is 0. The van der Waals surface area contributed by atoms with Gasteiger partial charge in [0, 0.05) is 33.0 Å². The zero-order valence-corrected chi connectivity index (χ0v) is 27.5. The van der Waals surface area contributed by atoms with Crippen molar-refractivity contribution in [2.75, 3.05) is 0 Å². The molecule has 9 rings (SSSR count). The lowest BCUT2D eigenvalue weighted by molar-refractivity contribution is 0.669. The normalized spacial score (nSPS) is 11.1. The number of nitrogens with zero attached hydrogens (tertiary/aromatic N) is 3. The monoisotopic (exact) mass is 651 g/mol. The van der Waals surface area contributed by atoms with Crippen molar-refractivity contribution in [2.45, 2.75) is 0 Å². The average Bonchev–Trinajstić information content (AvgIpc) is 3.59. The van der Waals surface area contributed by atoms with Gasteiger partial charge >= 0.3 is 0 Å². The maximum absolute atomic E-state index is 9.15. The molecule has 0 bridgehead atoms. The highest BCUT2D eigenvalue weighted by molar-refractivity contribution is 6.06. The molecule has 2 aromatic heterocycles. The molecule has 2 heterocycles. The van der Waals surface area contributed by atoms with E-state index in [2.05, 4.69) is 97.1 Å². The Bertz CT molecular complexity index is 2710. The van der Waals surface area contributed by atoms with Crippen LogP contribution in [0.1, 0.15) is 5.56 Å². The third-order valence-corrected chi connectivity index (χ3v) is 9.36. The molecular weight excluding hydrogens is 623 g/mol. The fourth-order valence-electron chi connectivity index (χ4n) is 6.72. The lowest BCUT2D eigenvalue weighted by Gasteiger charge is -2.16. The number of fused-ring (bicyclic) bond motifs is 3. The first-order chi connectivity index (χ1) is 25.2. The van der Waals surface area contributed by atoms with Crippen LogP contribution in [0.15, 0.2) is 180 Å². The van der Waals surface area contributed by atoms with Crippen LogP contribution in [0.2, 0.25) is 0 Å². The van der Waals surface area contributed by atoms with Gasteiger partial charge in [-0.3, -0.25) is 0 Å². The number of furan rings is 1. The maximum Gasteiger partial charge on any atom is 0.135 e. The Morgan fingerprint density at radius 1 is 0.353 bits per heavy atom. The van der Waals surface area contributed by atoms with Crippen LogP contribution in [0.4, 0.5) is 0 Å². The Balaban J connectivity index is 1.16. The Kier molecular flexibility index (Phi) is 7.50. The van der Waals surface area contributed by atoms with Crippen molar-refractivity contribution < 1.29 is 4.42 Å². The first-order valence-corrected chi connectivity index (χ1v) is 16.9. The van der Waals surface area contributed by atoms with Gasteiger partial charge < -0.3 is 4.42 Å². The lowest BCUT2D eigenvalue weighted by Crippen LogP contribution is -2.01. The third-order valence-electron chi connectivity index (χ3n) is 9.36. The van der Waals surface area contributed by atoms with Crippen LogP contribution in [0.5, 0.6) is 0 Å². The molecule has 0 spiro atoms. The predicted octanol–water partition coefficient (Wildman–Crippen LogP) is 12.2. The van der Waals surface area contributed by atoms with Crippen LogP contribution < -0.4 is 0 Å². The molecule has 0 saturated heterocycles. The van der Waals surface area contributed by atoms with E-state index in [1.165, 1.54) is 0 Å². The van der Waals surface area contributed by atoms with Gasteiger partial charge in [0.1, 0.15) is 11.2 Å². The smallest absolute Gasteiger partial charge is 0.135 e. The van der Waals surface area contributed by atoms with E-state index >= 15 is 0 Å². The van der Waals surface area contributed by atoms with Gasteiger partial charge in [-0.25, -0.2) is 9.97 Å². The molecular formula is C47H29N3O. The van der Waals surface area contributed by atoms with E-state index < -0.39 is 0 Å². The summed E-state index contributed by atoms with van der Waals surface area (Å²) in [4.78, 5) is 10.9.